The summed E-state index contributed by atoms with van der Waals surface area (Å²) < 4.78 is 5.39. The number of carbonyl (C=O) groups is 1. The van der Waals surface area contributed by atoms with Crippen LogP contribution in [0.25, 0.3) is 6.08 Å². The predicted octanol–water partition coefficient (Wildman–Crippen LogP) is 3.82. The van der Waals surface area contributed by atoms with Crippen LogP contribution in [0.15, 0.2) is 51.7 Å². The van der Waals surface area contributed by atoms with E-state index in [-0.39, 0.29) is 5.91 Å². The first-order valence-corrected chi connectivity index (χ1v) is 10.1. The Labute approximate surface area is 161 Å². The molecule has 1 amide bonds. The third-order valence-electron chi connectivity index (χ3n) is 4.27. The minimum absolute atomic E-state index is 0.00733. The standard InChI is InChI=1S/C19H19N3O2S2/c1-21-18(23)17(13-16-3-2-12-25-16)26-19(21)20-14-4-6-15(7-5-14)22-8-10-24-11-9-22/h2-7,12-13H,8-11H2,1H3/b17-13-,20-19?. The molecular formula is C19H19N3O2S2. The number of ether oxygens (including phenoxy) is 1. The zero-order valence-electron chi connectivity index (χ0n) is 14.4. The van der Waals surface area contributed by atoms with Crippen molar-refractivity contribution in [1.29, 1.82) is 0 Å². The Bertz CT molecular complexity index is 838. The van der Waals surface area contributed by atoms with E-state index >= 15 is 0 Å². The second-order valence-corrected chi connectivity index (χ2v) is 7.99. The molecule has 2 aliphatic rings. The number of nitrogens with zero attached hydrogens (tertiary/aromatic N) is 3. The smallest absolute Gasteiger partial charge is 0.266 e. The minimum atomic E-state index is -0.00733. The van der Waals surface area contributed by atoms with Crippen molar-refractivity contribution in [3.8, 4) is 0 Å². The second kappa shape index (κ2) is 7.65. The van der Waals surface area contributed by atoms with Gasteiger partial charge in [0.15, 0.2) is 5.17 Å². The number of thiophene rings is 1. The number of amides is 1. The number of rotatable bonds is 3. The summed E-state index contributed by atoms with van der Waals surface area (Å²) in [6.45, 7) is 3.37. The Morgan fingerprint density at radius 2 is 1.92 bits per heavy atom. The topological polar surface area (TPSA) is 45.1 Å². The third-order valence-corrected chi connectivity index (χ3v) is 6.15. The highest BCUT2D eigenvalue weighted by Gasteiger charge is 2.30. The fourth-order valence-electron chi connectivity index (χ4n) is 2.82. The van der Waals surface area contributed by atoms with Gasteiger partial charge in [-0.05, 0) is 53.5 Å². The molecule has 1 aromatic heterocycles. The number of thioether (sulfide) groups is 1. The summed E-state index contributed by atoms with van der Waals surface area (Å²) in [5.41, 5.74) is 2.03. The fourth-order valence-corrected chi connectivity index (χ4v) is 4.53. The van der Waals surface area contributed by atoms with E-state index in [2.05, 4.69) is 22.0 Å². The molecule has 0 atom stereocenters. The van der Waals surface area contributed by atoms with Gasteiger partial charge in [0, 0.05) is 30.7 Å². The molecule has 7 heteroatoms. The van der Waals surface area contributed by atoms with Crippen molar-refractivity contribution in [1.82, 2.24) is 4.90 Å². The highest BCUT2D eigenvalue weighted by atomic mass is 32.2. The van der Waals surface area contributed by atoms with Crippen LogP contribution in [0.4, 0.5) is 11.4 Å². The van der Waals surface area contributed by atoms with Crippen LogP contribution in [-0.4, -0.2) is 49.3 Å². The van der Waals surface area contributed by atoms with Crippen LogP contribution in [0.1, 0.15) is 4.88 Å². The number of hydrogen-bond acceptors (Lipinski definition) is 6. The van der Waals surface area contributed by atoms with Gasteiger partial charge in [0.25, 0.3) is 5.91 Å². The zero-order chi connectivity index (χ0) is 17.9. The fraction of sp³-hybridized carbons (Fsp3) is 0.263. The lowest BCUT2D eigenvalue weighted by molar-refractivity contribution is -0.121. The molecule has 0 aliphatic carbocycles. The second-order valence-electron chi connectivity index (χ2n) is 6.00. The van der Waals surface area contributed by atoms with Crippen molar-refractivity contribution in [2.75, 3.05) is 38.3 Å². The van der Waals surface area contributed by atoms with E-state index in [1.807, 2.05) is 35.7 Å². The number of benzene rings is 1. The Kier molecular flexibility index (Phi) is 5.10. The van der Waals surface area contributed by atoms with Gasteiger partial charge >= 0.3 is 0 Å². The molecule has 0 saturated carbocycles. The monoisotopic (exact) mass is 385 g/mol. The van der Waals surface area contributed by atoms with Gasteiger partial charge in [0.1, 0.15) is 0 Å². The van der Waals surface area contributed by atoms with E-state index in [4.69, 9.17) is 4.74 Å². The molecule has 134 valence electrons. The Balaban J connectivity index is 1.51. The number of hydrogen-bond donors (Lipinski definition) is 0. The van der Waals surface area contributed by atoms with Gasteiger partial charge in [0.05, 0.1) is 23.8 Å². The predicted molar refractivity (Wildman–Crippen MR) is 109 cm³/mol. The number of anilines is 1. The van der Waals surface area contributed by atoms with Crippen LogP contribution in [0, 0.1) is 0 Å². The van der Waals surface area contributed by atoms with Gasteiger partial charge in [-0.3, -0.25) is 9.69 Å². The average molecular weight is 386 g/mol. The van der Waals surface area contributed by atoms with E-state index in [0.29, 0.717) is 10.1 Å². The molecule has 3 heterocycles. The van der Waals surface area contributed by atoms with Crippen molar-refractivity contribution in [2.24, 2.45) is 4.99 Å². The van der Waals surface area contributed by atoms with Crippen molar-refractivity contribution >= 4 is 51.6 Å². The first-order chi connectivity index (χ1) is 12.7. The Hall–Kier alpha value is -2.09. The molecule has 2 aliphatic heterocycles. The molecule has 0 unspecified atom stereocenters. The molecule has 0 bridgehead atoms. The lowest BCUT2D eigenvalue weighted by Crippen LogP contribution is -2.36. The summed E-state index contributed by atoms with van der Waals surface area (Å²) in [5, 5.41) is 2.71. The summed E-state index contributed by atoms with van der Waals surface area (Å²) in [7, 11) is 1.77. The molecule has 2 aromatic rings. The third kappa shape index (κ3) is 3.70. The Morgan fingerprint density at radius 1 is 1.15 bits per heavy atom. The molecule has 5 nitrogen and oxygen atoms in total. The summed E-state index contributed by atoms with van der Waals surface area (Å²) in [6, 6.07) is 12.1. The normalized spacial score (nSPS) is 21.2. The van der Waals surface area contributed by atoms with Crippen LogP contribution in [0.2, 0.25) is 0 Å². The maximum atomic E-state index is 12.4. The molecule has 4 rings (SSSR count). The van der Waals surface area contributed by atoms with Gasteiger partial charge in [-0.2, -0.15) is 0 Å². The molecule has 2 saturated heterocycles. The summed E-state index contributed by atoms with van der Waals surface area (Å²) >= 11 is 3.04. The molecule has 0 radical (unpaired) electrons. The maximum absolute atomic E-state index is 12.4. The highest BCUT2D eigenvalue weighted by molar-refractivity contribution is 8.18. The number of likely N-dealkylation sites (N-methyl/N-ethyl adjacent to an activating group) is 1. The van der Waals surface area contributed by atoms with E-state index in [9.17, 15) is 4.79 Å². The lowest BCUT2D eigenvalue weighted by atomic mass is 10.2. The van der Waals surface area contributed by atoms with Crippen LogP contribution in [0.5, 0.6) is 0 Å². The first kappa shape index (κ1) is 17.3. The van der Waals surface area contributed by atoms with Crippen molar-refractivity contribution < 1.29 is 9.53 Å². The van der Waals surface area contributed by atoms with Gasteiger partial charge in [-0.1, -0.05) is 6.07 Å². The molecule has 2 fully saturated rings. The van der Waals surface area contributed by atoms with Crippen molar-refractivity contribution in [2.45, 2.75) is 0 Å². The van der Waals surface area contributed by atoms with Crippen LogP contribution in [-0.2, 0) is 9.53 Å². The van der Waals surface area contributed by atoms with Gasteiger partial charge in [-0.25, -0.2) is 4.99 Å². The van der Waals surface area contributed by atoms with E-state index < -0.39 is 0 Å². The SMILES string of the molecule is CN1C(=O)/C(=C/c2cccs2)SC1=Nc1ccc(N2CCOCC2)cc1. The number of amidine groups is 1. The van der Waals surface area contributed by atoms with Gasteiger partial charge in [-0.15, -0.1) is 11.3 Å². The zero-order valence-corrected chi connectivity index (χ0v) is 16.1. The molecule has 0 N–H and O–H groups in total. The quantitative estimate of drug-likeness (QED) is 0.754. The molecular weight excluding hydrogens is 366 g/mol. The largest absolute Gasteiger partial charge is 0.378 e. The number of morpholine rings is 1. The summed E-state index contributed by atoms with van der Waals surface area (Å²) in [6.07, 6.45) is 1.93. The number of aliphatic imine (C=N–C) groups is 1. The van der Waals surface area contributed by atoms with E-state index in [1.165, 1.54) is 17.4 Å². The van der Waals surface area contributed by atoms with E-state index in [0.717, 1.165) is 36.9 Å². The first-order valence-electron chi connectivity index (χ1n) is 8.43. The van der Waals surface area contributed by atoms with Gasteiger partial charge in [0.2, 0.25) is 0 Å². The van der Waals surface area contributed by atoms with E-state index in [1.54, 1.807) is 23.3 Å². The average Bonchev–Trinajstić information content (AvgIpc) is 3.28. The van der Waals surface area contributed by atoms with Crippen molar-refractivity contribution in [3.05, 3.63) is 51.6 Å². The Morgan fingerprint density at radius 3 is 2.62 bits per heavy atom. The van der Waals surface area contributed by atoms with Crippen LogP contribution >= 0.6 is 23.1 Å². The van der Waals surface area contributed by atoms with Crippen LogP contribution in [0.3, 0.4) is 0 Å². The number of carbonyl (C=O) groups excluding carboxylic acids is 1. The lowest BCUT2D eigenvalue weighted by Gasteiger charge is -2.28. The molecule has 26 heavy (non-hydrogen) atoms. The summed E-state index contributed by atoms with van der Waals surface area (Å²) in [5.74, 6) is -0.00733. The molecule has 1 aromatic carbocycles. The highest BCUT2D eigenvalue weighted by Crippen LogP contribution is 2.34. The molecule has 0 spiro atoms. The van der Waals surface area contributed by atoms with Crippen LogP contribution < -0.4 is 4.90 Å². The maximum Gasteiger partial charge on any atom is 0.266 e. The summed E-state index contributed by atoms with van der Waals surface area (Å²) in [4.78, 5) is 22.8. The minimum Gasteiger partial charge on any atom is -0.378 e. The van der Waals surface area contributed by atoms with Gasteiger partial charge < -0.3 is 9.64 Å². The van der Waals surface area contributed by atoms with Crippen molar-refractivity contribution in [3.63, 3.8) is 0 Å².